The van der Waals surface area contributed by atoms with Crippen molar-refractivity contribution in [2.75, 3.05) is 20.4 Å². The van der Waals surface area contributed by atoms with E-state index in [1.165, 1.54) is 30.2 Å². The van der Waals surface area contributed by atoms with Gasteiger partial charge < -0.3 is 4.74 Å². The van der Waals surface area contributed by atoms with E-state index in [4.69, 9.17) is 9.57 Å². The van der Waals surface area contributed by atoms with Crippen LogP contribution in [0.2, 0.25) is 0 Å². The van der Waals surface area contributed by atoms with Crippen LogP contribution in [0, 0.1) is 0 Å². The molecule has 0 aliphatic heterocycles. The summed E-state index contributed by atoms with van der Waals surface area (Å²) in [5, 5.41) is 4.25. The summed E-state index contributed by atoms with van der Waals surface area (Å²) < 4.78 is 7.47. The van der Waals surface area contributed by atoms with Crippen LogP contribution in [-0.4, -0.2) is 46.2 Å². The highest BCUT2D eigenvalue weighted by Crippen LogP contribution is 2.15. The van der Waals surface area contributed by atoms with Crippen molar-refractivity contribution in [2.24, 2.45) is 5.16 Å². The molecule has 0 saturated heterocycles. The normalized spacial score (nSPS) is 10.9. The molecule has 0 aliphatic carbocycles. The smallest absolute Gasteiger partial charge is 0.444 e. The molecule has 0 fully saturated rings. The lowest BCUT2D eigenvalue weighted by molar-refractivity contribution is 0.123. The monoisotopic (exact) mass is 357 g/mol. The Kier molecular flexibility index (Phi) is 8.35. The number of thioether (sulfide) groups is 1. The van der Waals surface area contributed by atoms with Gasteiger partial charge in [-0.25, -0.2) is 18.2 Å². The van der Waals surface area contributed by atoms with Crippen molar-refractivity contribution in [1.82, 2.24) is 8.61 Å². The minimum atomic E-state index is -0.689. The second-order valence-corrected chi connectivity index (χ2v) is 6.55. The van der Waals surface area contributed by atoms with Crippen LogP contribution in [0.25, 0.3) is 0 Å². The van der Waals surface area contributed by atoms with E-state index in [1.807, 2.05) is 36.6 Å². The summed E-state index contributed by atoms with van der Waals surface area (Å²) in [5.74, 6) is 0. The van der Waals surface area contributed by atoms with Crippen molar-refractivity contribution in [3.8, 4) is 0 Å². The molecule has 1 aromatic rings. The highest BCUT2D eigenvalue weighted by Gasteiger charge is 2.19. The number of hydrogen-bond donors (Lipinski definition) is 0. The SMILES string of the molecule is CSC(C)=NOC(=O)N(C)SN(C)C(=O)OCc1ccccc1. The number of carbonyl (C=O) groups excluding carboxylic acids is 2. The van der Waals surface area contributed by atoms with E-state index in [0.717, 1.165) is 22.0 Å². The molecule has 7 nitrogen and oxygen atoms in total. The maximum atomic E-state index is 11.9. The summed E-state index contributed by atoms with van der Waals surface area (Å²) in [6.45, 7) is 1.88. The predicted octanol–water partition coefficient (Wildman–Crippen LogP) is 3.58. The maximum Gasteiger partial charge on any atom is 0.447 e. The molecule has 9 heteroatoms. The van der Waals surface area contributed by atoms with Crippen LogP contribution in [0.1, 0.15) is 12.5 Å². The van der Waals surface area contributed by atoms with E-state index < -0.39 is 12.2 Å². The molecule has 1 rings (SSSR count). The van der Waals surface area contributed by atoms with E-state index in [1.54, 1.807) is 6.92 Å². The van der Waals surface area contributed by atoms with Crippen molar-refractivity contribution in [3.63, 3.8) is 0 Å². The fourth-order valence-electron chi connectivity index (χ4n) is 1.26. The topological polar surface area (TPSA) is 71.4 Å². The Morgan fingerprint density at radius 1 is 1.13 bits per heavy atom. The van der Waals surface area contributed by atoms with Crippen LogP contribution in [0.3, 0.4) is 0 Å². The molecule has 2 amide bonds. The molecule has 23 heavy (non-hydrogen) atoms. The molecule has 0 atom stereocenters. The summed E-state index contributed by atoms with van der Waals surface area (Å²) in [4.78, 5) is 28.3. The summed E-state index contributed by atoms with van der Waals surface area (Å²) in [6.07, 6.45) is 0.565. The van der Waals surface area contributed by atoms with Crippen LogP contribution >= 0.6 is 23.9 Å². The second-order valence-electron chi connectivity index (χ2n) is 4.29. The lowest BCUT2D eigenvalue weighted by Crippen LogP contribution is -2.29. The molecule has 0 aromatic heterocycles. The average molecular weight is 357 g/mol. The Labute approximate surface area is 144 Å². The molecular formula is C14H19N3O4S2. The van der Waals surface area contributed by atoms with Gasteiger partial charge in [0, 0.05) is 14.1 Å². The molecule has 0 bridgehead atoms. The van der Waals surface area contributed by atoms with Gasteiger partial charge in [-0.2, -0.15) is 0 Å². The lowest BCUT2D eigenvalue weighted by Gasteiger charge is -2.20. The van der Waals surface area contributed by atoms with Crippen molar-refractivity contribution < 1.29 is 19.2 Å². The minimum Gasteiger partial charge on any atom is -0.444 e. The number of carbonyl (C=O) groups is 2. The first-order valence-electron chi connectivity index (χ1n) is 6.59. The average Bonchev–Trinajstić information content (AvgIpc) is 2.57. The van der Waals surface area contributed by atoms with E-state index in [9.17, 15) is 9.59 Å². The largest absolute Gasteiger partial charge is 0.447 e. The maximum absolute atomic E-state index is 11.9. The first-order valence-corrected chi connectivity index (χ1v) is 8.55. The van der Waals surface area contributed by atoms with Gasteiger partial charge in [-0.3, -0.25) is 4.84 Å². The Morgan fingerprint density at radius 3 is 2.35 bits per heavy atom. The fourth-order valence-corrected chi connectivity index (χ4v) is 1.96. The number of rotatable bonds is 5. The van der Waals surface area contributed by atoms with Gasteiger partial charge in [0.1, 0.15) is 11.7 Å². The molecule has 0 heterocycles. The number of amides is 2. The number of hydrogen-bond acceptors (Lipinski definition) is 7. The van der Waals surface area contributed by atoms with E-state index >= 15 is 0 Å². The Morgan fingerprint density at radius 2 is 1.74 bits per heavy atom. The van der Waals surface area contributed by atoms with E-state index in [0.29, 0.717) is 5.04 Å². The first-order chi connectivity index (χ1) is 10.9. The number of benzene rings is 1. The molecule has 1 aromatic carbocycles. The first kappa shape index (κ1) is 19.2. The number of nitrogens with zero attached hydrogens (tertiary/aromatic N) is 3. The molecule has 0 aliphatic rings. The third-order valence-corrected chi connectivity index (χ3v) is 3.97. The number of ether oxygens (including phenoxy) is 1. The van der Waals surface area contributed by atoms with Crippen molar-refractivity contribution in [2.45, 2.75) is 13.5 Å². The number of oxime groups is 1. The minimum absolute atomic E-state index is 0.163. The Hall–Kier alpha value is -1.87. The molecular weight excluding hydrogens is 338 g/mol. The van der Waals surface area contributed by atoms with E-state index in [2.05, 4.69) is 5.16 Å². The zero-order chi connectivity index (χ0) is 17.2. The summed E-state index contributed by atoms with van der Waals surface area (Å²) in [7, 11) is 2.97. The zero-order valence-corrected chi connectivity index (χ0v) is 15.0. The molecule has 0 radical (unpaired) electrons. The van der Waals surface area contributed by atoms with Gasteiger partial charge in [0.05, 0.1) is 12.1 Å². The van der Waals surface area contributed by atoms with Gasteiger partial charge in [0.15, 0.2) is 0 Å². The highest BCUT2D eigenvalue weighted by molar-refractivity contribution is 8.13. The molecule has 0 saturated carbocycles. The Balaban J connectivity index is 2.40. The zero-order valence-electron chi connectivity index (χ0n) is 13.4. The van der Waals surface area contributed by atoms with Crippen LogP contribution in [0.4, 0.5) is 9.59 Å². The van der Waals surface area contributed by atoms with Gasteiger partial charge in [-0.1, -0.05) is 35.5 Å². The van der Waals surface area contributed by atoms with Gasteiger partial charge in [0.25, 0.3) is 0 Å². The van der Waals surface area contributed by atoms with Gasteiger partial charge in [-0.15, -0.1) is 11.8 Å². The molecule has 0 spiro atoms. The second kappa shape index (κ2) is 10.0. The predicted molar refractivity (Wildman–Crippen MR) is 92.8 cm³/mol. The molecule has 0 unspecified atom stereocenters. The van der Waals surface area contributed by atoms with Crippen molar-refractivity contribution >= 4 is 41.1 Å². The lowest BCUT2D eigenvalue weighted by atomic mass is 10.2. The standard InChI is InChI=1S/C14H19N3O4S2/c1-11(22-4)15-21-14(19)17(3)23-16(2)13(18)20-10-12-8-6-5-7-9-12/h5-9H,10H2,1-4H3. The summed E-state index contributed by atoms with van der Waals surface area (Å²) in [5.41, 5.74) is 0.883. The Bertz CT molecular complexity index is 554. The summed E-state index contributed by atoms with van der Waals surface area (Å²) >= 11 is 2.22. The van der Waals surface area contributed by atoms with Gasteiger partial charge in [-0.05, 0) is 18.7 Å². The molecule has 0 N–H and O–H groups in total. The third-order valence-electron chi connectivity index (χ3n) is 2.51. The van der Waals surface area contributed by atoms with Crippen molar-refractivity contribution in [3.05, 3.63) is 35.9 Å². The van der Waals surface area contributed by atoms with Gasteiger partial charge in [0.2, 0.25) is 0 Å². The third kappa shape index (κ3) is 7.29. The van der Waals surface area contributed by atoms with Gasteiger partial charge >= 0.3 is 12.2 Å². The van der Waals surface area contributed by atoms with Crippen LogP contribution in [-0.2, 0) is 16.2 Å². The van der Waals surface area contributed by atoms with Crippen LogP contribution < -0.4 is 0 Å². The summed E-state index contributed by atoms with van der Waals surface area (Å²) in [6, 6.07) is 9.33. The highest BCUT2D eigenvalue weighted by atomic mass is 32.2. The van der Waals surface area contributed by atoms with Crippen LogP contribution in [0.15, 0.2) is 35.5 Å². The fraction of sp³-hybridized carbons (Fsp3) is 0.357. The van der Waals surface area contributed by atoms with Crippen molar-refractivity contribution in [1.29, 1.82) is 0 Å². The van der Waals surface area contributed by atoms with E-state index in [-0.39, 0.29) is 6.61 Å². The quantitative estimate of drug-likeness (QED) is 0.264. The molecule has 126 valence electrons. The van der Waals surface area contributed by atoms with Crippen LogP contribution in [0.5, 0.6) is 0 Å².